The Morgan fingerprint density at radius 2 is 1.74 bits per heavy atom. The number of carbonyl (C=O) groups excluding carboxylic acids is 1. The van der Waals surface area contributed by atoms with Gasteiger partial charge in [-0.2, -0.15) is 5.26 Å². The maximum Gasteiger partial charge on any atom is 0.266 e. The molecule has 0 aromatic heterocycles. The summed E-state index contributed by atoms with van der Waals surface area (Å²) in [6.45, 7) is 2.31. The van der Waals surface area contributed by atoms with E-state index in [4.69, 9.17) is 9.47 Å². The van der Waals surface area contributed by atoms with Gasteiger partial charge < -0.3 is 14.8 Å². The molecule has 8 nitrogen and oxygen atoms in total. The van der Waals surface area contributed by atoms with Gasteiger partial charge in [0.2, 0.25) is 0 Å². The summed E-state index contributed by atoms with van der Waals surface area (Å²) in [5.74, 6) is -0.0105. The van der Waals surface area contributed by atoms with Crippen LogP contribution in [0.4, 0.5) is 11.4 Å². The Bertz CT molecular complexity index is 1400. The van der Waals surface area contributed by atoms with Crippen LogP contribution < -0.4 is 19.5 Å². The van der Waals surface area contributed by atoms with Gasteiger partial charge in [0.15, 0.2) is 0 Å². The van der Waals surface area contributed by atoms with E-state index in [0.29, 0.717) is 28.1 Å². The molecule has 0 aliphatic heterocycles. The normalized spacial score (nSPS) is 11.3. The number of amides is 1. The summed E-state index contributed by atoms with van der Waals surface area (Å²) in [6.07, 6.45) is 1.45. The van der Waals surface area contributed by atoms with Gasteiger partial charge in [-0.15, -0.1) is 0 Å². The molecule has 2 N–H and O–H groups in total. The predicted octanol–water partition coefficient (Wildman–Crippen LogP) is 5.20. The van der Waals surface area contributed by atoms with Crippen molar-refractivity contribution in [1.82, 2.24) is 0 Å². The topological polar surface area (TPSA) is 118 Å². The predicted molar refractivity (Wildman–Crippen MR) is 138 cm³/mol. The zero-order valence-corrected chi connectivity index (χ0v) is 21.3. The van der Waals surface area contributed by atoms with Crippen molar-refractivity contribution in [2.24, 2.45) is 0 Å². The van der Waals surface area contributed by atoms with E-state index in [-0.39, 0.29) is 21.9 Å². The highest BCUT2D eigenvalue weighted by Gasteiger charge is 2.22. The fourth-order valence-corrected chi connectivity index (χ4v) is 4.81. The molecule has 0 unspecified atom stereocenters. The van der Waals surface area contributed by atoms with Crippen LogP contribution in [0.2, 0.25) is 0 Å². The summed E-state index contributed by atoms with van der Waals surface area (Å²) < 4.78 is 40.1. The van der Waals surface area contributed by atoms with Gasteiger partial charge in [0.25, 0.3) is 15.9 Å². The Kier molecular flexibility index (Phi) is 8.52. The Morgan fingerprint density at radius 3 is 2.37 bits per heavy atom. The molecule has 0 spiro atoms. The smallest absolute Gasteiger partial charge is 0.266 e. The molecule has 3 rings (SSSR count). The molecule has 0 saturated carbocycles. The van der Waals surface area contributed by atoms with Crippen LogP contribution in [0.1, 0.15) is 12.5 Å². The number of nitrogens with one attached hydrogen (secondary N) is 2. The van der Waals surface area contributed by atoms with E-state index in [9.17, 15) is 18.5 Å². The second kappa shape index (κ2) is 11.6. The lowest BCUT2D eigenvalue weighted by Gasteiger charge is -2.14. The number of anilines is 2. The number of sulfonamides is 1. The Hall–Kier alpha value is -3.81. The molecule has 0 heterocycles. The van der Waals surface area contributed by atoms with Crippen LogP contribution in [0.25, 0.3) is 6.08 Å². The summed E-state index contributed by atoms with van der Waals surface area (Å²) in [6, 6.07) is 19.7. The fraction of sp³-hybridized carbons (Fsp3) is 0.120. The maximum absolute atomic E-state index is 13.2. The molecule has 0 saturated heterocycles. The van der Waals surface area contributed by atoms with Gasteiger partial charge in [-0.25, -0.2) is 8.42 Å². The van der Waals surface area contributed by atoms with Gasteiger partial charge in [0, 0.05) is 5.69 Å². The van der Waals surface area contributed by atoms with Gasteiger partial charge >= 0.3 is 0 Å². The molecule has 0 aliphatic rings. The molecular formula is C25H22BrN3O5S. The van der Waals surface area contributed by atoms with Gasteiger partial charge in [0.1, 0.15) is 28.0 Å². The van der Waals surface area contributed by atoms with Crippen molar-refractivity contribution in [3.63, 3.8) is 0 Å². The first-order valence-electron chi connectivity index (χ1n) is 10.4. The summed E-state index contributed by atoms with van der Waals surface area (Å²) in [5.41, 5.74) is 1.03. The van der Waals surface area contributed by atoms with Crippen molar-refractivity contribution < 1.29 is 22.7 Å². The number of halogens is 1. The molecule has 0 bridgehead atoms. The Morgan fingerprint density at radius 1 is 1.06 bits per heavy atom. The SMILES string of the molecule is CCOc1ccc(NS(=O)(=O)c2cc(NC(=O)/C(C#N)=C/c3ccccc3)ccc2OC)cc1Br. The molecule has 1 amide bonds. The van der Waals surface area contributed by atoms with E-state index in [0.717, 1.165) is 0 Å². The standard InChI is InChI=1S/C25H22BrN3O5S/c1-3-34-22-11-10-20(14-21(22)26)29-35(31,32)24-15-19(9-12-23(24)33-2)28-25(30)18(16-27)13-17-7-5-4-6-8-17/h4-15,29H,3H2,1-2H3,(H,28,30)/b18-13+. The lowest BCUT2D eigenvalue weighted by Crippen LogP contribution is -2.16. The van der Waals surface area contributed by atoms with Crippen LogP contribution in [0, 0.1) is 11.3 Å². The summed E-state index contributed by atoms with van der Waals surface area (Å²) >= 11 is 3.36. The van der Waals surface area contributed by atoms with E-state index in [1.54, 1.807) is 42.5 Å². The first-order chi connectivity index (χ1) is 16.8. The number of ether oxygens (including phenoxy) is 2. The lowest BCUT2D eigenvalue weighted by molar-refractivity contribution is -0.112. The van der Waals surface area contributed by atoms with E-state index in [1.807, 2.05) is 19.1 Å². The van der Waals surface area contributed by atoms with Crippen molar-refractivity contribution in [2.45, 2.75) is 11.8 Å². The third kappa shape index (κ3) is 6.62. The highest BCUT2D eigenvalue weighted by atomic mass is 79.9. The number of carbonyl (C=O) groups is 1. The Balaban J connectivity index is 1.88. The molecule has 0 atom stereocenters. The van der Waals surface area contributed by atoms with Crippen LogP contribution in [-0.2, 0) is 14.8 Å². The first-order valence-corrected chi connectivity index (χ1v) is 12.7. The van der Waals surface area contributed by atoms with E-state index >= 15 is 0 Å². The monoisotopic (exact) mass is 555 g/mol. The van der Waals surface area contributed by atoms with Gasteiger partial charge in [-0.1, -0.05) is 30.3 Å². The second-order valence-corrected chi connectivity index (χ2v) is 9.59. The highest BCUT2D eigenvalue weighted by molar-refractivity contribution is 9.10. The minimum absolute atomic E-state index is 0.0841. The molecule has 0 fully saturated rings. The van der Waals surface area contributed by atoms with Crippen LogP contribution >= 0.6 is 15.9 Å². The third-order valence-electron chi connectivity index (χ3n) is 4.67. The van der Waals surface area contributed by atoms with Gasteiger partial charge in [-0.3, -0.25) is 9.52 Å². The molecule has 35 heavy (non-hydrogen) atoms. The van der Waals surface area contributed by atoms with Crippen molar-refractivity contribution >= 4 is 49.3 Å². The molecule has 0 aliphatic carbocycles. The fourth-order valence-electron chi connectivity index (χ4n) is 3.07. The number of hydrogen-bond acceptors (Lipinski definition) is 6. The highest BCUT2D eigenvalue weighted by Crippen LogP contribution is 2.32. The minimum atomic E-state index is -4.10. The third-order valence-corrected chi connectivity index (χ3v) is 6.69. The van der Waals surface area contributed by atoms with Gasteiger partial charge in [-0.05, 0) is 70.9 Å². The average Bonchev–Trinajstić information content (AvgIpc) is 2.84. The Labute approximate surface area is 212 Å². The number of hydrogen-bond donors (Lipinski definition) is 2. The van der Waals surface area contributed by atoms with Crippen molar-refractivity contribution in [2.75, 3.05) is 23.8 Å². The van der Waals surface area contributed by atoms with Crippen molar-refractivity contribution in [3.05, 3.63) is 82.3 Å². The molecular weight excluding hydrogens is 534 g/mol. The van der Waals surface area contributed by atoms with Crippen LogP contribution in [-0.4, -0.2) is 28.0 Å². The van der Waals surface area contributed by atoms with E-state index < -0.39 is 15.9 Å². The summed E-state index contributed by atoms with van der Waals surface area (Å²) in [4.78, 5) is 12.5. The molecule has 0 radical (unpaired) electrons. The number of nitriles is 1. The maximum atomic E-state index is 13.2. The van der Waals surface area contributed by atoms with Crippen molar-refractivity contribution in [1.29, 1.82) is 5.26 Å². The second-order valence-electron chi connectivity index (χ2n) is 7.08. The summed E-state index contributed by atoms with van der Waals surface area (Å²) in [5, 5.41) is 12.0. The van der Waals surface area contributed by atoms with E-state index in [1.165, 1.54) is 31.4 Å². The summed E-state index contributed by atoms with van der Waals surface area (Å²) in [7, 11) is -2.75. The van der Waals surface area contributed by atoms with Crippen molar-refractivity contribution in [3.8, 4) is 17.6 Å². The first kappa shape index (κ1) is 25.8. The molecule has 10 heteroatoms. The quantitative estimate of drug-likeness (QED) is 0.276. The average molecular weight is 556 g/mol. The number of methoxy groups -OCH3 is 1. The van der Waals surface area contributed by atoms with Gasteiger partial charge in [0.05, 0.1) is 23.9 Å². The zero-order valence-electron chi connectivity index (χ0n) is 18.9. The van der Waals surface area contributed by atoms with E-state index in [2.05, 4.69) is 26.0 Å². The number of benzene rings is 3. The number of rotatable bonds is 9. The zero-order chi connectivity index (χ0) is 25.4. The lowest BCUT2D eigenvalue weighted by atomic mass is 10.1. The molecule has 180 valence electrons. The minimum Gasteiger partial charge on any atom is -0.495 e. The molecule has 3 aromatic carbocycles. The largest absolute Gasteiger partial charge is 0.495 e. The van der Waals surface area contributed by atoms with Crippen LogP contribution in [0.5, 0.6) is 11.5 Å². The number of nitrogens with zero attached hydrogens (tertiary/aromatic N) is 1. The van der Waals surface area contributed by atoms with Crippen LogP contribution in [0.15, 0.2) is 81.7 Å². The molecule has 3 aromatic rings. The van der Waals surface area contributed by atoms with Crippen LogP contribution in [0.3, 0.4) is 0 Å².